The Morgan fingerprint density at radius 2 is 1.86 bits per heavy atom. The van der Waals surface area contributed by atoms with Crippen LogP contribution in [0.15, 0.2) is 48.5 Å². The second kappa shape index (κ2) is 10.5. The Morgan fingerprint density at radius 1 is 1.16 bits per heavy atom. The summed E-state index contributed by atoms with van der Waals surface area (Å²) in [5, 5.41) is 2.72. The first-order chi connectivity index (χ1) is 17.5. The summed E-state index contributed by atoms with van der Waals surface area (Å²) in [6.45, 7) is 0.841. The van der Waals surface area contributed by atoms with E-state index in [1.165, 1.54) is 43.5 Å². The number of hydrogen-bond donors (Lipinski definition) is 3. The Kier molecular flexibility index (Phi) is 7.50. The van der Waals surface area contributed by atoms with E-state index >= 15 is 0 Å². The molecule has 0 spiro atoms. The molecule has 37 heavy (non-hydrogen) atoms. The third kappa shape index (κ3) is 5.44. The number of carbonyl (C=O) groups excluding carboxylic acids is 3. The van der Waals surface area contributed by atoms with Crippen molar-refractivity contribution in [3.8, 4) is 0 Å². The molecule has 2 fully saturated rings. The maximum atomic E-state index is 13.1. The predicted molar refractivity (Wildman–Crippen MR) is 122 cm³/mol. The van der Waals surface area contributed by atoms with Gasteiger partial charge in [0.2, 0.25) is 6.10 Å². The number of nitrogens with zero attached hydrogens (tertiary/aromatic N) is 1. The Balaban J connectivity index is 1.40. The third-order valence-corrected chi connectivity index (χ3v) is 6.20. The van der Waals surface area contributed by atoms with Gasteiger partial charge < -0.3 is 25.4 Å². The molecule has 0 aromatic heterocycles. The van der Waals surface area contributed by atoms with E-state index < -0.39 is 35.9 Å². The lowest BCUT2D eigenvalue weighted by Gasteiger charge is -2.47. The number of hydroxylamine groups is 1. The van der Waals surface area contributed by atoms with Crippen LogP contribution in [0, 0.1) is 0 Å². The fraction of sp³-hybridized carbons (Fsp3) is 0.375. The van der Waals surface area contributed by atoms with E-state index in [0.29, 0.717) is 6.61 Å². The molecule has 198 valence electrons. The topological polar surface area (TPSA) is 132 Å². The lowest BCUT2D eigenvalue weighted by Crippen LogP contribution is -2.74. The highest BCUT2D eigenvalue weighted by Crippen LogP contribution is 2.39. The van der Waals surface area contributed by atoms with Gasteiger partial charge in [-0.1, -0.05) is 18.2 Å². The molecule has 3 atom stereocenters. The monoisotopic (exact) mass is 522 g/mol. The van der Waals surface area contributed by atoms with Gasteiger partial charge in [-0.05, 0) is 35.9 Å². The van der Waals surface area contributed by atoms with Crippen molar-refractivity contribution < 1.29 is 41.9 Å². The number of esters is 1. The van der Waals surface area contributed by atoms with Gasteiger partial charge in [0.1, 0.15) is 0 Å². The number of methoxy groups -OCH3 is 1. The van der Waals surface area contributed by atoms with Crippen molar-refractivity contribution in [2.75, 3.05) is 33.4 Å². The fourth-order valence-corrected chi connectivity index (χ4v) is 4.14. The molecule has 2 aliphatic heterocycles. The van der Waals surface area contributed by atoms with Crippen LogP contribution in [0.4, 0.5) is 13.2 Å². The lowest BCUT2D eigenvalue weighted by molar-refractivity contribution is -0.345. The minimum Gasteiger partial charge on any atom is -0.465 e. The Bertz CT molecular complexity index is 1180. The van der Waals surface area contributed by atoms with Crippen molar-refractivity contribution in [2.24, 2.45) is 5.73 Å². The maximum Gasteiger partial charge on any atom is 0.420 e. The largest absolute Gasteiger partial charge is 0.465 e. The van der Waals surface area contributed by atoms with E-state index in [4.69, 9.17) is 15.2 Å². The van der Waals surface area contributed by atoms with Crippen LogP contribution in [0.3, 0.4) is 0 Å². The predicted octanol–water partition coefficient (Wildman–Crippen LogP) is 1.32. The van der Waals surface area contributed by atoms with Gasteiger partial charge in [-0.15, -0.1) is 0 Å². The van der Waals surface area contributed by atoms with Gasteiger partial charge in [-0.2, -0.15) is 18.7 Å². The minimum atomic E-state index is -4.66. The summed E-state index contributed by atoms with van der Waals surface area (Å²) < 4.78 is 49.4. The van der Waals surface area contributed by atoms with Crippen LogP contribution < -0.4 is 16.5 Å². The van der Waals surface area contributed by atoms with Crippen LogP contribution in [0.1, 0.15) is 36.6 Å². The number of amides is 2. The highest BCUT2D eigenvalue weighted by Gasteiger charge is 2.61. The lowest BCUT2D eigenvalue weighted by atomic mass is 9.91. The first kappa shape index (κ1) is 26.5. The molecule has 0 radical (unpaired) electrons. The van der Waals surface area contributed by atoms with E-state index in [0.717, 1.165) is 0 Å². The number of hydrogen-bond acceptors (Lipinski definition) is 8. The zero-order chi connectivity index (χ0) is 26.8. The summed E-state index contributed by atoms with van der Waals surface area (Å²) in [5.41, 5.74) is 6.82. The van der Waals surface area contributed by atoms with Crippen LogP contribution in [0.5, 0.6) is 0 Å². The molecule has 13 heteroatoms. The van der Waals surface area contributed by atoms with Crippen LogP contribution >= 0.6 is 0 Å². The van der Waals surface area contributed by atoms with E-state index in [1.54, 1.807) is 17.0 Å². The molecular weight excluding hydrogens is 497 g/mol. The minimum absolute atomic E-state index is 0.0649. The highest BCUT2D eigenvalue weighted by molar-refractivity contribution is 5.98. The zero-order valence-electron chi connectivity index (χ0n) is 19.7. The summed E-state index contributed by atoms with van der Waals surface area (Å²) in [6.07, 6.45) is -6.88. The molecule has 2 aliphatic rings. The zero-order valence-corrected chi connectivity index (χ0v) is 19.7. The van der Waals surface area contributed by atoms with E-state index in [1.807, 2.05) is 0 Å². The van der Waals surface area contributed by atoms with Crippen LogP contribution in [-0.4, -0.2) is 74.4 Å². The molecule has 4 rings (SSSR count). The number of ether oxygens (including phenoxy) is 2. The number of halogens is 3. The second-order valence-electron chi connectivity index (χ2n) is 8.60. The SMILES string of the molecule is COC(=O)c1cccc(C(=O)N2CCOC[C@@H]2CNC(=O)c2ccc(C3(N)NO[C@H]3C(F)(F)F)cc2)c1. The molecule has 2 aromatic rings. The summed E-state index contributed by atoms with van der Waals surface area (Å²) in [5.74, 6) is -1.39. The average molecular weight is 522 g/mol. The molecule has 0 aliphatic carbocycles. The summed E-state index contributed by atoms with van der Waals surface area (Å²) in [4.78, 5) is 43.6. The van der Waals surface area contributed by atoms with Crippen LogP contribution in [0.25, 0.3) is 0 Å². The van der Waals surface area contributed by atoms with Crippen molar-refractivity contribution in [2.45, 2.75) is 24.0 Å². The normalized spacial score (nSPS) is 23.6. The molecule has 2 amide bonds. The van der Waals surface area contributed by atoms with Gasteiger partial charge in [0.05, 0.1) is 31.9 Å². The van der Waals surface area contributed by atoms with E-state index in [-0.39, 0.29) is 47.9 Å². The number of rotatable bonds is 6. The molecule has 1 unspecified atom stereocenters. The Morgan fingerprint density at radius 3 is 2.49 bits per heavy atom. The summed E-state index contributed by atoms with van der Waals surface area (Å²) in [6, 6.07) is 11.0. The Hall–Kier alpha value is -3.52. The van der Waals surface area contributed by atoms with Crippen molar-refractivity contribution in [1.29, 1.82) is 0 Å². The van der Waals surface area contributed by atoms with Crippen molar-refractivity contribution in [3.05, 3.63) is 70.8 Å². The van der Waals surface area contributed by atoms with Gasteiger partial charge in [0.25, 0.3) is 11.8 Å². The first-order valence-electron chi connectivity index (χ1n) is 11.3. The van der Waals surface area contributed by atoms with Crippen LogP contribution in [-0.2, 0) is 20.0 Å². The molecule has 2 heterocycles. The molecule has 10 nitrogen and oxygen atoms in total. The molecule has 2 aromatic carbocycles. The molecule has 0 bridgehead atoms. The average Bonchev–Trinajstić information content (AvgIpc) is 2.89. The summed E-state index contributed by atoms with van der Waals surface area (Å²) >= 11 is 0. The standard InChI is InChI=1S/C24H25F3N4O6/c1-35-21(34)16-4-2-3-15(11-16)20(33)31-9-10-36-13-18(31)12-29-19(32)14-5-7-17(8-6-14)23(28)22(37-30-23)24(25,26)27/h2-8,11,18,22,30H,9-10,12-13,28H2,1H3,(H,29,32)/t18-,22+,23?/m0/s1. The fourth-order valence-electron chi connectivity index (χ4n) is 4.14. The van der Waals surface area contributed by atoms with Crippen molar-refractivity contribution >= 4 is 17.8 Å². The van der Waals surface area contributed by atoms with Crippen molar-refractivity contribution in [1.82, 2.24) is 15.7 Å². The highest BCUT2D eigenvalue weighted by atomic mass is 19.4. The number of nitrogens with one attached hydrogen (secondary N) is 2. The number of morpholine rings is 1. The third-order valence-electron chi connectivity index (χ3n) is 6.20. The molecule has 2 saturated heterocycles. The molecule has 0 saturated carbocycles. The number of carbonyl (C=O) groups is 3. The van der Waals surface area contributed by atoms with Gasteiger partial charge in [0, 0.05) is 24.2 Å². The second-order valence-corrected chi connectivity index (χ2v) is 8.60. The Labute approximate surface area is 209 Å². The molecular formula is C24H25F3N4O6. The summed E-state index contributed by atoms with van der Waals surface area (Å²) in [7, 11) is 1.25. The maximum absolute atomic E-state index is 13.1. The van der Waals surface area contributed by atoms with Crippen molar-refractivity contribution in [3.63, 3.8) is 0 Å². The van der Waals surface area contributed by atoms with Gasteiger partial charge in [0.15, 0.2) is 5.66 Å². The smallest absolute Gasteiger partial charge is 0.420 e. The number of benzene rings is 2. The number of nitrogens with two attached hydrogens (primary N) is 1. The van der Waals surface area contributed by atoms with Gasteiger partial charge in [-0.25, -0.2) is 4.79 Å². The first-order valence-corrected chi connectivity index (χ1v) is 11.3. The van der Waals surface area contributed by atoms with Crippen LogP contribution in [0.2, 0.25) is 0 Å². The quantitative estimate of drug-likeness (QED) is 0.484. The number of alkyl halides is 3. The molecule has 4 N–H and O–H groups in total. The van der Waals surface area contributed by atoms with E-state index in [2.05, 4.69) is 15.6 Å². The van der Waals surface area contributed by atoms with E-state index in [9.17, 15) is 27.6 Å². The van der Waals surface area contributed by atoms with Gasteiger partial charge in [-0.3, -0.25) is 14.4 Å². The van der Waals surface area contributed by atoms with Gasteiger partial charge >= 0.3 is 12.1 Å².